The van der Waals surface area contributed by atoms with Gasteiger partial charge in [-0.25, -0.2) is 14.0 Å². The molecule has 0 aromatic heterocycles. The molecule has 0 spiro atoms. The molecular weight excluding hydrogens is 179 g/mol. The summed E-state index contributed by atoms with van der Waals surface area (Å²) in [5.74, 6) is -3.68. The van der Waals surface area contributed by atoms with Gasteiger partial charge in [0.1, 0.15) is 0 Å². The van der Waals surface area contributed by atoms with Crippen molar-refractivity contribution in [2.45, 2.75) is 30.9 Å². The Kier molecular flexibility index (Phi) is 2.55. The van der Waals surface area contributed by atoms with Gasteiger partial charge < -0.3 is 5.11 Å². The van der Waals surface area contributed by atoms with E-state index in [-0.39, 0.29) is 12.7 Å². The third-order valence-corrected chi connectivity index (χ3v) is 2.31. The Morgan fingerprint density at radius 1 is 1.69 bits per heavy atom. The number of aliphatic carboxylic acids is 1. The standard InChI is InChI=1S/C7H8BF2NO2/c9-7(10)1-2-8(4-11)5(3-7)6(12)13/h5H,1-3H2,(H,12,13). The molecule has 6 heteroatoms. The monoisotopic (exact) mass is 187 g/mol. The Morgan fingerprint density at radius 3 is 2.77 bits per heavy atom. The molecule has 1 atom stereocenters. The highest BCUT2D eigenvalue weighted by Crippen LogP contribution is 2.39. The lowest BCUT2D eigenvalue weighted by molar-refractivity contribution is -0.139. The number of carboxylic acids is 1. The van der Waals surface area contributed by atoms with Crippen LogP contribution in [0.2, 0.25) is 12.1 Å². The van der Waals surface area contributed by atoms with Gasteiger partial charge in [0, 0.05) is 18.8 Å². The summed E-state index contributed by atoms with van der Waals surface area (Å²) in [4.78, 5) is 10.5. The molecule has 0 aliphatic carbocycles. The van der Waals surface area contributed by atoms with Crippen LogP contribution in [0.15, 0.2) is 0 Å². The smallest absolute Gasteiger partial charge is 0.300 e. The maximum absolute atomic E-state index is 12.8. The molecule has 1 N–H and O–H groups in total. The Bertz CT molecular complexity index is 264. The summed E-state index contributed by atoms with van der Waals surface area (Å²) in [6, 6.07) is 0. The van der Waals surface area contributed by atoms with Crippen molar-refractivity contribution in [2.24, 2.45) is 0 Å². The third kappa shape index (κ3) is 2.17. The maximum atomic E-state index is 12.8. The maximum Gasteiger partial charge on any atom is 0.300 e. The predicted octanol–water partition coefficient (Wildman–Crippen LogP) is 1.43. The highest BCUT2D eigenvalue weighted by molar-refractivity contribution is 6.71. The number of nitrogens with zero attached hydrogens (tertiary/aromatic N) is 1. The van der Waals surface area contributed by atoms with Gasteiger partial charge in [-0.2, -0.15) is 0 Å². The minimum Gasteiger partial charge on any atom is -0.482 e. The first-order valence-corrected chi connectivity index (χ1v) is 3.96. The summed E-state index contributed by atoms with van der Waals surface area (Å²) in [5, 5.41) is 17.1. The van der Waals surface area contributed by atoms with Crippen LogP contribution in [-0.4, -0.2) is 23.7 Å². The molecule has 3 nitrogen and oxygen atoms in total. The van der Waals surface area contributed by atoms with Crippen molar-refractivity contribution in [3.8, 4) is 5.97 Å². The molecular formula is C7H8BF2NO2. The number of carboxylic acid groups (broad SMARTS) is 1. The van der Waals surface area contributed by atoms with E-state index in [0.29, 0.717) is 0 Å². The van der Waals surface area contributed by atoms with Crippen molar-refractivity contribution >= 4 is 12.7 Å². The summed E-state index contributed by atoms with van der Waals surface area (Å²) in [6.07, 6.45) is -1.12. The first kappa shape index (κ1) is 9.97. The minimum atomic E-state index is -2.92. The van der Waals surface area contributed by atoms with Gasteiger partial charge in [0.25, 0.3) is 6.71 Å². The molecule has 1 aliphatic rings. The number of carbonyl (C=O) groups is 1. The van der Waals surface area contributed by atoms with Crippen LogP contribution in [0.4, 0.5) is 8.78 Å². The molecule has 1 saturated heterocycles. The summed E-state index contributed by atoms with van der Waals surface area (Å²) in [5.41, 5.74) is 0. The van der Waals surface area contributed by atoms with Crippen LogP contribution in [-0.2, 0) is 4.79 Å². The number of rotatable bonds is 1. The quantitative estimate of drug-likeness (QED) is 0.631. The molecule has 0 aromatic rings. The molecule has 1 aliphatic heterocycles. The highest BCUT2D eigenvalue weighted by atomic mass is 19.3. The van der Waals surface area contributed by atoms with E-state index in [4.69, 9.17) is 10.4 Å². The molecule has 1 fully saturated rings. The number of hydrogen-bond acceptors (Lipinski definition) is 2. The van der Waals surface area contributed by atoms with Gasteiger partial charge in [0.05, 0.1) is 5.82 Å². The Hall–Kier alpha value is -1.12. The van der Waals surface area contributed by atoms with E-state index in [1.165, 1.54) is 0 Å². The van der Waals surface area contributed by atoms with E-state index >= 15 is 0 Å². The fraction of sp³-hybridized carbons (Fsp3) is 0.714. The highest BCUT2D eigenvalue weighted by Gasteiger charge is 2.46. The fourth-order valence-electron chi connectivity index (χ4n) is 1.55. The predicted molar refractivity (Wildman–Crippen MR) is 41.7 cm³/mol. The van der Waals surface area contributed by atoms with E-state index in [0.717, 1.165) is 0 Å². The van der Waals surface area contributed by atoms with Crippen LogP contribution in [0.5, 0.6) is 0 Å². The van der Waals surface area contributed by atoms with Crippen LogP contribution in [0.25, 0.3) is 0 Å². The molecule has 0 amide bonds. The first-order valence-electron chi connectivity index (χ1n) is 3.96. The van der Waals surface area contributed by atoms with Crippen molar-refractivity contribution in [1.29, 1.82) is 5.26 Å². The van der Waals surface area contributed by atoms with E-state index in [2.05, 4.69) is 0 Å². The van der Waals surface area contributed by atoms with Gasteiger partial charge in [-0.15, -0.1) is 0 Å². The summed E-state index contributed by atoms with van der Waals surface area (Å²) in [6.45, 7) is -0.767. The van der Waals surface area contributed by atoms with Gasteiger partial charge in [-0.1, -0.05) is 6.32 Å². The van der Waals surface area contributed by atoms with E-state index < -0.39 is 30.8 Å². The molecule has 1 heterocycles. The number of nitriles is 1. The van der Waals surface area contributed by atoms with E-state index in [1.54, 1.807) is 5.97 Å². The largest absolute Gasteiger partial charge is 0.482 e. The number of alkyl halides is 2. The summed E-state index contributed by atoms with van der Waals surface area (Å²) in [7, 11) is 0. The Labute approximate surface area is 74.4 Å². The van der Waals surface area contributed by atoms with Gasteiger partial charge in [0.15, 0.2) is 0 Å². The van der Waals surface area contributed by atoms with Crippen LogP contribution in [0, 0.1) is 11.2 Å². The average Bonchev–Trinajstić information content (AvgIpc) is 2.03. The lowest BCUT2D eigenvalue weighted by Gasteiger charge is -2.27. The molecule has 0 radical (unpaired) electrons. The summed E-state index contributed by atoms with van der Waals surface area (Å²) < 4.78 is 25.5. The lowest BCUT2D eigenvalue weighted by atomic mass is 9.36. The normalized spacial score (nSPS) is 26.5. The first-order chi connectivity index (χ1) is 5.96. The van der Waals surface area contributed by atoms with E-state index in [9.17, 15) is 13.6 Å². The number of hydrogen-bond donors (Lipinski definition) is 1. The second kappa shape index (κ2) is 3.33. The van der Waals surface area contributed by atoms with E-state index in [1.807, 2.05) is 0 Å². The zero-order chi connectivity index (χ0) is 10.1. The molecule has 13 heavy (non-hydrogen) atoms. The van der Waals surface area contributed by atoms with Crippen LogP contribution in [0.3, 0.4) is 0 Å². The van der Waals surface area contributed by atoms with Crippen LogP contribution >= 0.6 is 0 Å². The second-order valence-electron chi connectivity index (χ2n) is 3.28. The van der Waals surface area contributed by atoms with Gasteiger partial charge in [-0.3, -0.25) is 4.79 Å². The van der Waals surface area contributed by atoms with Gasteiger partial charge >= 0.3 is 5.97 Å². The van der Waals surface area contributed by atoms with Gasteiger partial charge in [0.2, 0.25) is 5.92 Å². The number of halogens is 2. The Morgan fingerprint density at radius 2 is 2.31 bits per heavy atom. The fourth-order valence-corrected chi connectivity index (χ4v) is 1.55. The molecule has 0 bridgehead atoms. The molecule has 1 unspecified atom stereocenters. The molecule has 1 rings (SSSR count). The molecule has 0 saturated carbocycles. The minimum absolute atomic E-state index is 0.0273. The van der Waals surface area contributed by atoms with Crippen molar-refractivity contribution in [1.82, 2.24) is 0 Å². The SMILES string of the molecule is N#CB1CCC(F)(F)CC1C(=O)O. The topological polar surface area (TPSA) is 61.1 Å². The summed E-state index contributed by atoms with van der Waals surface area (Å²) >= 11 is 0. The van der Waals surface area contributed by atoms with Crippen molar-refractivity contribution in [3.63, 3.8) is 0 Å². The Balaban J connectivity index is 2.76. The van der Waals surface area contributed by atoms with Crippen LogP contribution < -0.4 is 0 Å². The van der Waals surface area contributed by atoms with Crippen molar-refractivity contribution in [2.75, 3.05) is 0 Å². The van der Waals surface area contributed by atoms with Gasteiger partial charge in [-0.05, 0) is 0 Å². The molecule has 0 aromatic carbocycles. The molecule has 70 valence electrons. The van der Waals surface area contributed by atoms with Crippen LogP contribution in [0.1, 0.15) is 12.8 Å². The van der Waals surface area contributed by atoms with Crippen molar-refractivity contribution < 1.29 is 18.7 Å². The zero-order valence-electron chi connectivity index (χ0n) is 6.83. The second-order valence-corrected chi connectivity index (χ2v) is 3.28. The lowest BCUT2D eigenvalue weighted by Crippen LogP contribution is -2.38. The van der Waals surface area contributed by atoms with Crippen molar-refractivity contribution in [3.05, 3.63) is 0 Å². The average molecular weight is 187 g/mol. The third-order valence-electron chi connectivity index (χ3n) is 2.31. The zero-order valence-corrected chi connectivity index (χ0v) is 6.83.